The fraction of sp³-hybridized carbons (Fsp3) is 0.333. The molecule has 1 rings (SSSR count). The van der Waals surface area contributed by atoms with E-state index in [2.05, 4.69) is 0 Å². The monoisotopic (exact) mass is 263 g/mol. The lowest BCUT2D eigenvalue weighted by Crippen LogP contribution is -2.12. The van der Waals surface area contributed by atoms with Crippen molar-refractivity contribution in [2.75, 3.05) is 5.75 Å². The van der Waals surface area contributed by atoms with Crippen LogP contribution < -0.4 is 5.14 Å². The van der Waals surface area contributed by atoms with Crippen LogP contribution in [0, 0.1) is 0 Å². The minimum Gasteiger partial charge on any atom is -0.225 e. The second kappa shape index (κ2) is 4.52. The molecule has 0 aromatic heterocycles. The van der Waals surface area contributed by atoms with Crippen molar-refractivity contribution in [2.24, 2.45) is 5.14 Å². The van der Waals surface area contributed by atoms with Crippen molar-refractivity contribution in [1.82, 2.24) is 0 Å². The molecule has 0 saturated carbocycles. The van der Waals surface area contributed by atoms with Gasteiger partial charge >= 0.3 is 0 Å². The van der Waals surface area contributed by atoms with Crippen molar-refractivity contribution >= 4 is 19.9 Å². The molecule has 5 nitrogen and oxygen atoms in total. The molecular weight excluding hydrogens is 250 g/mol. The normalized spacial score (nSPS) is 12.6. The Labute approximate surface area is 95.3 Å². The van der Waals surface area contributed by atoms with Crippen LogP contribution in [0.4, 0.5) is 0 Å². The number of sulfonamides is 1. The highest BCUT2D eigenvalue weighted by molar-refractivity contribution is 7.91. The number of hydrogen-bond donors (Lipinski definition) is 1. The van der Waals surface area contributed by atoms with E-state index in [0.29, 0.717) is 6.42 Å². The lowest BCUT2D eigenvalue weighted by atomic mass is 10.4. The predicted molar refractivity (Wildman–Crippen MR) is 60.2 cm³/mol. The zero-order chi connectivity index (χ0) is 12.4. The molecule has 0 radical (unpaired) electrons. The zero-order valence-electron chi connectivity index (χ0n) is 8.75. The molecule has 0 heterocycles. The van der Waals surface area contributed by atoms with Crippen LogP contribution in [-0.4, -0.2) is 22.6 Å². The largest absolute Gasteiger partial charge is 0.238 e. The molecule has 0 fully saturated rings. The first-order chi connectivity index (χ1) is 7.27. The molecule has 0 bridgehead atoms. The first kappa shape index (κ1) is 13.1. The van der Waals surface area contributed by atoms with Gasteiger partial charge in [-0.15, -0.1) is 0 Å². The van der Waals surface area contributed by atoms with E-state index in [0.717, 1.165) is 0 Å². The van der Waals surface area contributed by atoms with Crippen molar-refractivity contribution in [2.45, 2.75) is 23.1 Å². The lowest BCUT2D eigenvalue weighted by Gasteiger charge is -2.03. The molecule has 0 atom stereocenters. The third kappa shape index (κ3) is 3.03. The van der Waals surface area contributed by atoms with E-state index in [1.165, 1.54) is 24.3 Å². The average molecular weight is 263 g/mol. The first-order valence-corrected chi connectivity index (χ1v) is 7.83. The summed E-state index contributed by atoms with van der Waals surface area (Å²) in [6, 6.07) is 4.89. The molecule has 1 aromatic carbocycles. The molecular formula is C9H13NO4S2. The Morgan fingerprint density at radius 3 is 1.81 bits per heavy atom. The topological polar surface area (TPSA) is 94.3 Å². The summed E-state index contributed by atoms with van der Waals surface area (Å²) in [5.74, 6) is 0.0434. The molecule has 0 aliphatic heterocycles. The fourth-order valence-corrected chi connectivity index (χ4v) is 3.06. The van der Waals surface area contributed by atoms with E-state index in [4.69, 9.17) is 5.14 Å². The Bertz CT molecular complexity index is 558. The third-order valence-corrected chi connectivity index (χ3v) is 4.85. The number of sulfone groups is 1. The Kier molecular flexibility index (Phi) is 3.72. The summed E-state index contributed by atoms with van der Waals surface area (Å²) >= 11 is 0. The van der Waals surface area contributed by atoms with E-state index in [1.807, 2.05) is 0 Å². The minimum atomic E-state index is -3.77. The smallest absolute Gasteiger partial charge is 0.225 e. The highest BCUT2D eigenvalue weighted by Crippen LogP contribution is 2.15. The van der Waals surface area contributed by atoms with Crippen LogP contribution in [-0.2, 0) is 19.9 Å². The van der Waals surface area contributed by atoms with Gasteiger partial charge in [0.15, 0.2) is 9.84 Å². The molecule has 0 spiro atoms. The second-order valence-electron chi connectivity index (χ2n) is 3.34. The molecule has 1 aromatic rings. The highest BCUT2D eigenvalue weighted by Gasteiger charge is 2.14. The maximum absolute atomic E-state index is 11.6. The van der Waals surface area contributed by atoms with Gasteiger partial charge in [-0.25, -0.2) is 22.0 Å². The summed E-state index contributed by atoms with van der Waals surface area (Å²) in [5.41, 5.74) is 0. The molecule has 7 heteroatoms. The van der Waals surface area contributed by atoms with Gasteiger partial charge in [0.1, 0.15) is 0 Å². The maximum atomic E-state index is 11.6. The zero-order valence-corrected chi connectivity index (χ0v) is 10.4. The molecule has 0 unspecified atom stereocenters. The van der Waals surface area contributed by atoms with E-state index in [1.54, 1.807) is 6.92 Å². The Hall–Kier alpha value is -0.920. The molecule has 0 aliphatic rings. The summed E-state index contributed by atoms with van der Waals surface area (Å²) in [6.45, 7) is 1.76. The Balaban J connectivity index is 3.15. The van der Waals surface area contributed by atoms with Crippen molar-refractivity contribution in [3.63, 3.8) is 0 Å². The number of rotatable bonds is 4. The average Bonchev–Trinajstić information content (AvgIpc) is 2.16. The quantitative estimate of drug-likeness (QED) is 0.856. The summed E-state index contributed by atoms with van der Waals surface area (Å²) in [7, 11) is -7.08. The van der Waals surface area contributed by atoms with Crippen LogP contribution in [0.25, 0.3) is 0 Å². The second-order valence-corrected chi connectivity index (χ2v) is 7.01. The standard InChI is InChI=1S/C9H13NO4S2/c1-2-7-15(11,12)8-3-5-9(6-4-8)16(10,13)14/h3-6H,2,7H2,1H3,(H2,10,13,14). The van der Waals surface area contributed by atoms with Crippen LogP contribution in [0.15, 0.2) is 34.1 Å². The van der Waals surface area contributed by atoms with Crippen molar-refractivity contribution in [3.05, 3.63) is 24.3 Å². The highest BCUT2D eigenvalue weighted by atomic mass is 32.2. The lowest BCUT2D eigenvalue weighted by molar-refractivity contribution is 0.592. The van der Waals surface area contributed by atoms with Gasteiger partial charge in [-0.1, -0.05) is 6.92 Å². The van der Waals surface area contributed by atoms with Gasteiger partial charge in [0, 0.05) is 0 Å². The van der Waals surface area contributed by atoms with Crippen LogP contribution in [0.3, 0.4) is 0 Å². The van der Waals surface area contributed by atoms with Gasteiger partial charge in [-0.05, 0) is 30.7 Å². The summed E-state index contributed by atoms with van der Waals surface area (Å²) in [6.07, 6.45) is 0.513. The molecule has 0 saturated heterocycles. The molecule has 2 N–H and O–H groups in total. The summed E-state index contributed by atoms with van der Waals surface area (Å²) in [5, 5.41) is 4.90. The molecule has 0 aliphatic carbocycles. The number of hydrogen-bond acceptors (Lipinski definition) is 4. The third-order valence-electron chi connectivity index (χ3n) is 1.98. The van der Waals surface area contributed by atoms with E-state index in [-0.39, 0.29) is 15.5 Å². The predicted octanol–water partition coefficient (Wildman–Crippen LogP) is 0.518. The van der Waals surface area contributed by atoms with E-state index in [9.17, 15) is 16.8 Å². The van der Waals surface area contributed by atoms with Crippen molar-refractivity contribution in [1.29, 1.82) is 0 Å². The fourth-order valence-electron chi connectivity index (χ4n) is 1.22. The van der Waals surface area contributed by atoms with Gasteiger partial charge in [0.25, 0.3) is 0 Å². The minimum absolute atomic E-state index is 0.0434. The van der Waals surface area contributed by atoms with Crippen LogP contribution >= 0.6 is 0 Å². The van der Waals surface area contributed by atoms with Gasteiger partial charge in [-0.2, -0.15) is 0 Å². The SMILES string of the molecule is CCCS(=O)(=O)c1ccc(S(N)(=O)=O)cc1. The first-order valence-electron chi connectivity index (χ1n) is 4.63. The van der Waals surface area contributed by atoms with Gasteiger partial charge in [-0.3, -0.25) is 0 Å². The summed E-state index contributed by atoms with van der Waals surface area (Å²) < 4.78 is 45.1. The van der Waals surface area contributed by atoms with Crippen LogP contribution in [0.5, 0.6) is 0 Å². The van der Waals surface area contributed by atoms with Gasteiger partial charge in [0.2, 0.25) is 10.0 Å². The Morgan fingerprint density at radius 2 is 1.44 bits per heavy atom. The van der Waals surface area contributed by atoms with E-state index < -0.39 is 19.9 Å². The Morgan fingerprint density at radius 1 is 1.00 bits per heavy atom. The molecule has 0 amide bonds. The maximum Gasteiger partial charge on any atom is 0.238 e. The van der Waals surface area contributed by atoms with Crippen molar-refractivity contribution < 1.29 is 16.8 Å². The van der Waals surface area contributed by atoms with Crippen molar-refractivity contribution in [3.8, 4) is 0 Å². The van der Waals surface area contributed by atoms with E-state index >= 15 is 0 Å². The van der Waals surface area contributed by atoms with Gasteiger partial charge in [0.05, 0.1) is 15.5 Å². The number of nitrogens with two attached hydrogens (primary N) is 1. The summed E-state index contributed by atoms with van der Waals surface area (Å²) in [4.78, 5) is 0.0182. The van der Waals surface area contributed by atoms with Crippen LogP contribution in [0.1, 0.15) is 13.3 Å². The number of primary sulfonamides is 1. The van der Waals surface area contributed by atoms with Gasteiger partial charge < -0.3 is 0 Å². The van der Waals surface area contributed by atoms with Crippen LogP contribution in [0.2, 0.25) is 0 Å². The molecule has 16 heavy (non-hydrogen) atoms. The number of benzene rings is 1. The molecule has 90 valence electrons.